The molecule has 32 heavy (non-hydrogen) atoms. The third kappa shape index (κ3) is 9.31. The van der Waals surface area contributed by atoms with Gasteiger partial charge in [0.15, 0.2) is 0 Å². The molecule has 0 bridgehead atoms. The average Bonchev–Trinajstić information content (AvgIpc) is 2.74. The second-order valence-electron chi connectivity index (χ2n) is 7.62. The summed E-state index contributed by atoms with van der Waals surface area (Å²) in [5.74, 6) is -2.99. The second-order valence-corrected chi connectivity index (χ2v) is 7.62. The van der Waals surface area contributed by atoms with Crippen LogP contribution in [0.3, 0.4) is 0 Å². The molecule has 0 aromatic heterocycles. The summed E-state index contributed by atoms with van der Waals surface area (Å²) < 4.78 is 0. The molecular formula is C21H33N5O6. The van der Waals surface area contributed by atoms with Gasteiger partial charge in [-0.3, -0.25) is 14.4 Å². The number of hydrogen-bond donors (Lipinski definition) is 7. The van der Waals surface area contributed by atoms with Crippen LogP contribution in [0.5, 0.6) is 5.75 Å². The number of carboxylic acids is 1. The van der Waals surface area contributed by atoms with E-state index in [2.05, 4.69) is 16.0 Å². The maximum absolute atomic E-state index is 12.4. The minimum atomic E-state index is -1.24. The Bertz CT molecular complexity index is 785. The van der Waals surface area contributed by atoms with Crippen molar-refractivity contribution in [1.82, 2.24) is 16.0 Å². The molecule has 9 N–H and O–H groups in total. The highest BCUT2D eigenvalue weighted by atomic mass is 16.4. The fourth-order valence-corrected chi connectivity index (χ4v) is 2.79. The van der Waals surface area contributed by atoms with Gasteiger partial charge < -0.3 is 37.6 Å². The van der Waals surface area contributed by atoms with Crippen LogP contribution in [-0.4, -0.2) is 64.6 Å². The van der Waals surface area contributed by atoms with Crippen molar-refractivity contribution in [2.24, 2.45) is 11.5 Å². The van der Waals surface area contributed by atoms with Crippen molar-refractivity contribution in [3.63, 3.8) is 0 Å². The number of carboxylic acid groups (broad SMARTS) is 1. The van der Waals surface area contributed by atoms with Crippen LogP contribution >= 0.6 is 0 Å². The van der Waals surface area contributed by atoms with Crippen LogP contribution in [-0.2, 0) is 25.6 Å². The molecule has 0 saturated heterocycles. The van der Waals surface area contributed by atoms with E-state index in [1.807, 2.05) is 0 Å². The topological polar surface area (TPSA) is 197 Å². The third-order valence-corrected chi connectivity index (χ3v) is 4.80. The highest BCUT2D eigenvalue weighted by molar-refractivity contribution is 5.93. The molecule has 1 aromatic carbocycles. The number of amides is 3. The third-order valence-electron chi connectivity index (χ3n) is 4.80. The smallest absolute Gasteiger partial charge is 0.326 e. The number of phenols is 1. The Kier molecular flexibility index (Phi) is 11.1. The molecule has 0 aliphatic rings. The lowest BCUT2D eigenvalue weighted by atomic mass is 10.1. The molecule has 4 unspecified atom stereocenters. The summed E-state index contributed by atoms with van der Waals surface area (Å²) in [4.78, 5) is 48.3. The monoisotopic (exact) mass is 451 g/mol. The summed E-state index contributed by atoms with van der Waals surface area (Å²) in [6, 6.07) is 1.95. The van der Waals surface area contributed by atoms with Crippen LogP contribution in [0.2, 0.25) is 0 Å². The van der Waals surface area contributed by atoms with Crippen LogP contribution < -0.4 is 27.4 Å². The zero-order chi connectivity index (χ0) is 24.3. The molecule has 0 aliphatic heterocycles. The van der Waals surface area contributed by atoms with Gasteiger partial charge in [0.05, 0.1) is 6.04 Å². The fraction of sp³-hybridized carbons (Fsp3) is 0.524. The van der Waals surface area contributed by atoms with Crippen LogP contribution in [0, 0.1) is 0 Å². The summed E-state index contributed by atoms with van der Waals surface area (Å²) in [5.41, 5.74) is 11.8. The summed E-state index contributed by atoms with van der Waals surface area (Å²) in [6.45, 7) is 3.36. The van der Waals surface area contributed by atoms with Crippen LogP contribution in [0.25, 0.3) is 0 Å². The van der Waals surface area contributed by atoms with Gasteiger partial charge in [-0.2, -0.15) is 0 Å². The molecule has 3 amide bonds. The van der Waals surface area contributed by atoms with E-state index in [-0.39, 0.29) is 12.2 Å². The van der Waals surface area contributed by atoms with E-state index in [9.17, 15) is 29.4 Å². The number of aromatic hydroxyl groups is 1. The predicted octanol–water partition coefficient (Wildman–Crippen LogP) is -1.03. The number of phenolic OH excluding ortho intramolecular Hbond substituents is 1. The van der Waals surface area contributed by atoms with Gasteiger partial charge in [0, 0.05) is 6.42 Å². The molecule has 178 valence electrons. The molecular weight excluding hydrogens is 418 g/mol. The Morgan fingerprint density at radius 3 is 1.97 bits per heavy atom. The van der Waals surface area contributed by atoms with E-state index >= 15 is 0 Å². The quantitative estimate of drug-likeness (QED) is 0.185. The van der Waals surface area contributed by atoms with Crippen LogP contribution in [0.4, 0.5) is 0 Å². The lowest BCUT2D eigenvalue weighted by molar-refractivity contribution is -0.142. The molecule has 0 aliphatic carbocycles. The highest BCUT2D eigenvalue weighted by Crippen LogP contribution is 2.11. The molecule has 11 nitrogen and oxygen atoms in total. The summed E-state index contributed by atoms with van der Waals surface area (Å²) in [5, 5.41) is 26.0. The predicted molar refractivity (Wildman–Crippen MR) is 117 cm³/mol. The van der Waals surface area contributed by atoms with E-state index in [4.69, 9.17) is 11.5 Å². The maximum atomic E-state index is 12.4. The lowest BCUT2D eigenvalue weighted by Crippen LogP contribution is -2.55. The normalized spacial score (nSPS) is 14.5. The molecule has 0 radical (unpaired) electrons. The van der Waals surface area contributed by atoms with Gasteiger partial charge in [-0.15, -0.1) is 0 Å². The van der Waals surface area contributed by atoms with Crippen molar-refractivity contribution in [2.45, 2.75) is 63.7 Å². The molecule has 0 fully saturated rings. The van der Waals surface area contributed by atoms with Gasteiger partial charge in [0.25, 0.3) is 0 Å². The van der Waals surface area contributed by atoms with Crippen molar-refractivity contribution in [1.29, 1.82) is 0 Å². The standard InChI is InChI=1S/C21H33N5O6/c1-12(25-20(30)16(23)5-3-4-10-22)18(28)24-13(2)19(29)26-17(21(31)32)11-14-6-8-15(27)9-7-14/h6-9,12-13,16-17,27H,3-5,10-11,22-23H2,1-2H3,(H,24,28)(H,25,30)(H,26,29)(H,31,32). The molecule has 0 heterocycles. The summed E-state index contributed by atoms with van der Waals surface area (Å²) in [7, 11) is 0. The number of unbranched alkanes of at least 4 members (excludes halogenated alkanes) is 1. The molecule has 11 heteroatoms. The van der Waals surface area contributed by atoms with Crippen molar-refractivity contribution >= 4 is 23.7 Å². The number of nitrogens with one attached hydrogen (secondary N) is 3. The van der Waals surface area contributed by atoms with E-state index in [0.29, 0.717) is 24.9 Å². The van der Waals surface area contributed by atoms with E-state index in [1.54, 1.807) is 12.1 Å². The summed E-state index contributed by atoms with van der Waals surface area (Å²) >= 11 is 0. The van der Waals surface area contributed by atoms with Gasteiger partial charge in [0.2, 0.25) is 17.7 Å². The number of hydrogen-bond acceptors (Lipinski definition) is 7. The maximum Gasteiger partial charge on any atom is 0.326 e. The van der Waals surface area contributed by atoms with Crippen LogP contribution in [0.1, 0.15) is 38.7 Å². The first kappa shape index (κ1) is 26.9. The number of aliphatic carboxylic acids is 1. The average molecular weight is 452 g/mol. The van der Waals surface area contributed by atoms with Gasteiger partial charge in [0.1, 0.15) is 23.9 Å². The first-order valence-electron chi connectivity index (χ1n) is 10.4. The molecule has 1 aromatic rings. The van der Waals surface area contributed by atoms with Gasteiger partial charge in [-0.25, -0.2) is 4.79 Å². The molecule has 0 saturated carbocycles. The minimum Gasteiger partial charge on any atom is -0.508 e. The summed E-state index contributed by atoms with van der Waals surface area (Å²) in [6.07, 6.45) is 1.87. The number of carbonyl (C=O) groups excluding carboxylic acids is 3. The second kappa shape index (κ2) is 13.3. The van der Waals surface area contributed by atoms with Gasteiger partial charge >= 0.3 is 5.97 Å². The van der Waals surface area contributed by atoms with Crippen molar-refractivity contribution in [2.75, 3.05) is 6.54 Å². The Hall–Kier alpha value is -3.18. The van der Waals surface area contributed by atoms with Crippen LogP contribution in [0.15, 0.2) is 24.3 Å². The zero-order valence-electron chi connectivity index (χ0n) is 18.3. The zero-order valence-corrected chi connectivity index (χ0v) is 18.3. The van der Waals surface area contributed by atoms with Crippen molar-refractivity contribution in [3.05, 3.63) is 29.8 Å². The number of rotatable bonds is 13. The first-order chi connectivity index (χ1) is 15.0. The van der Waals surface area contributed by atoms with E-state index < -0.39 is 47.9 Å². The van der Waals surface area contributed by atoms with Crippen molar-refractivity contribution in [3.8, 4) is 5.75 Å². The van der Waals surface area contributed by atoms with E-state index in [0.717, 1.165) is 6.42 Å². The Balaban J connectivity index is 2.57. The lowest BCUT2D eigenvalue weighted by Gasteiger charge is -2.21. The first-order valence-corrected chi connectivity index (χ1v) is 10.4. The van der Waals surface area contributed by atoms with Gasteiger partial charge in [-0.1, -0.05) is 18.6 Å². The fourth-order valence-electron chi connectivity index (χ4n) is 2.79. The minimum absolute atomic E-state index is 0.00345. The Labute approximate surface area is 186 Å². The molecule has 1 rings (SSSR count). The molecule has 0 spiro atoms. The number of nitrogens with two attached hydrogens (primary N) is 2. The Morgan fingerprint density at radius 2 is 1.44 bits per heavy atom. The van der Waals surface area contributed by atoms with Crippen molar-refractivity contribution < 1.29 is 29.4 Å². The number of carbonyl (C=O) groups is 4. The van der Waals surface area contributed by atoms with E-state index in [1.165, 1.54) is 26.0 Å². The largest absolute Gasteiger partial charge is 0.508 e. The SMILES string of the molecule is CC(NC(=O)C(N)CCCCN)C(=O)NC(C)C(=O)NC(Cc1ccc(O)cc1)C(=O)O. The van der Waals surface area contributed by atoms with Gasteiger partial charge in [-0.05, 0) is 50.9 Å². The number of benzene rings is 1. The Morgan fingerprint density at radius 1 is 0.906 bits per heavy atom. The highest BCUT2D eigenvalue weighted by Gasteiger charge is 2.26. The molecule has 4 atom stereocenters.